The number of carbonyl (C=O) groups excluding carboxylic acids is 2. The number of nitrogens with one attached hydrogen (secondary N) is 1. The number of thiazole rings is 1. The largest absolute Gasteiger partial charge is 0.323 e. The van der Waals surface area contributed by atoms with Crippen LogP contribution in [0.15, 0.2) is 34.1 Å². The Morgan fingerprint density at radius 1 is 1.10 bits per heavy atom. The summed E-state index contributed by atoms with van der Waals surface area (Å²) in [5, 5.41) is 0. The fraction of sp³-hybridized carbons (Fsp3) is 0.368. The van der Waals surface area contributed by atoms with Gasteiger partial charge in [0.25, 0.3) is 11.5 Å². The first-order chi connectivity index (χ1) is 14.0. The molecule has 150 valence electrons. The Labute approximate surface area is 170 Å². The van der Waals surface area contributed by atoms with Crippen molar-refractivity contribution in [3.05, 3.63) is 49.5 Å². The molecule has 3 aliphatic rings. The second kappa shape index (κ2) is 6.18. The molecule has 1 aromatic carbocycles. The molecule has 1 fully saturated rings. The first kappa shape index (κ1) is 17.9. The van der Waals surface area contributed by atoms with Crippen LogP contribution in [-0.4, -0.2) is 58.9 Å². The highest BCUT2D eigenvalue weighted by Crippen LogP contribution is 2.33. The lowest BCUT2D eigenvalue weighted by molar-refractivity contribution is -0.112. The van der Waals surface area contributed by atoms with Crippen molar-refractivity contribution in [2.24, 2.45) is 4.99 Å². The van der Waals surface area contributed by atoms with Gasteiger partial charge in [-0.05, 0) is 19.9 Å². The molecule has 2 unspecified atom stereocenters. The van der Waals surface area contributed by atoms with Gasteiger partial charge >= 0.3 is 6.03 Å². The fourth-order valence-electron chi connectivity index (χ4n) is 4.22. The molecule has 0 saturated carbocycles. The van der Waals surface area contributed by atoms with E-state index in [9.17, 15) is 14.4 Å². The van der Waals surface area contributed by atoms with E-state index in [0.717, 1.165) is 11.3 Å². The van der Waals surface area contributed by atoms with Crippen molar-refractivity contribution in [1.82, 2.24) is 14.5 Å². The standard InChI is InChI=1S/C19H20N6O3S/c1-4-23-14-15(24(5-2)19(23)28)21-25-17(27)13(29-18(25)20-14)12-10-8-6-7-9-11(10)22(3)16(12)26/h6-9,14-15,21H,4-5H2,1-3H3/b13-12-. The number of rotatable bonds is 2. The lowest BCUT2D eigenvalue weighted by Gasteiger charge is -2.28. The third-order valence-corrected chi connectivity index (χ3v) is 6.73. The Kier molecular flexibility index (Phi) is 3.82. The molecular weight excluding hydrogens is 392 g/mol. The maximum Gasteiger partial charge on any atom is 0.323 e. The summed E-state index contributed by atoms with van der Waals surface area (Å²) in [6.07, 6.45) is -0.822. The highest BCUT2D eigenvalue weighted by Gasteiger charge is 2.46. The summed E-state index contributed by atoms with van der Waals surface area (Å²) in [7, 11) is 1.70. The quantitative estimate of drug-likeness (QED) is 0.733. The van der Waals surface area contributed by atoms with Gasteiger partial charge < -0.3 is 4.90 Å². The Hall–Kier alpha value is -3.14. The molecule has 1 N–H and O–H groups in total. The molecule has 1 saturated heterocycles. The summed E-state index contributed by atoms with van der Waals surface area (Å²) in [5.41, 5.74) is 4.77. The van der Waals surface area contributed by atoms with Crippen LogP contribution in [0.4, 0.5) is 10.5 Å². The number of hydrogen-bond donors (Lipinski definition) is 1. The summed E-state index contributed by atoms with van der Waals surface area (Å²) in [4.78, 5) is 48.8. The smallest absolute Gasteiger partial charge is 0.311 e. The topological polar surface area (TPSA) is 90.3 Å². The molecule has 29 heavy (non-hydrogen) atoms. The van der Waals surface area contributed by atoms with Crippen LogP contribution in [0, 0.1) is 0 Å². The highest BCUT2D eigenvalue weighted by molar-refractivity contribution is 7.07. The lowest BCUT2D eigenvalue weighted by Crippen LogP contribution is -2.55. The van der Waals surface area contributed by atoms with Crippen LogP contribution >= 0.6 is 11.3 Å². The zero-order valence-electron chi connectivity index (χ0n) is 16.2. The molecule has 2 aromatic rings. The number of likely N-dealkylation sites (N-methyl/N-ethyl adjacent to an activating group) is 3. The van der Waals surface area contributed by atoms with Crippen molar-refractivity contribution in [3.63, 3.8) is 0 Å². The van der Waals surface area contributed by atoms with Crippen molar-refractivity contribution < 1.29 is 9.59 Å². The molecule has 2 atom stereocenters. The minimum Gasteiger partial charge on any atom is -0.311 e. The Balaban J connectivity index is 1.74. The van der Waals surface area contributed by atoms with Gasteiger partial charge in [0.05, 0.1) is 11.3 Å². The summed E-state index contributed by atoms with van der Waals surface area (Å²) in [6.45, 7) is 4.84. The van der Waals surface area contributed by atoms with E-state index < -0.39 is 12.3 Å². The molecular formula is C19H20N6O3S. The minimum absolute atomic E-state index is 0.0967. The van der Waals surface area contributed by atoms with Crippen LogP contribution in [-0.2, 0) is 4.79 Å². The Morgan fingerprint density at radius 3 is 2.55 bits per heavy atom. The first-order valence-corrected chi connectivity index (χ1v) is 10.3. The molecule has 0 radical (unpaired) electrons. The summed E-state index contributed by atoms with van der Waals surface area (Å²) < 4.78 is 1.73. The van der Waals surface area contributed by atoms with E-state index >= 15 is 0 Å². The molecule has 0 spiro atoms. The van der Waals surface area contributed by atoms with E-state index in [-0.39, 0.29) is 17.5 Å². The van der Waals surface area contributed by atoms with E-state index in [1.54, 1.807) is 21.7 Å². The molecule has 5 rings (SSSR count). The number of fused-ring (bicyclic) bond motifs is 3. The van der Waals surface area contributed by atoms with Crippen molar-refractivity contribution in [2.45, 2.75) is 26.2 Å². The number of para-hydroxylation sites is 1. The number of amides is 3. The second-order valence-electron chi connectivity index (χ2n) is 7.08. The van der Waals surface area contributed by atoms with Gasteiger partial charge in [-0.2, -0.15) is 4.68 Å². The van der Waals surface area contributed by atoms with Crippen molar-refractivity contribution in [1.29, 1.82) is 0 Å². The van der Waals surface area contributed by atoms with Gasteiger partial charge in [0.2, 0.25) is 4.80 Å². The third kappa shape index (κ3) is 2.26. The number of benzene rings is 1. The summed E-state index contributed by atoms with van der Waals surface area (Å²) in [6, 6.07) is 7.34. The zero-order chi connectivity index (χ0) is 20.4. The molecule has 0 bridgehead atoms. The van der Waals surface area contributed by atoms with Gasteiger partial charge in [0.1, 0.15) is 4.53 Å². The maximum atomic E-state index is 13.2. The third-order valence-electron chi connectivity index (χ3n) is 5.68. The Bertz CT molecular complexity index is 1230. The van der Waals surface area contributed by atoms with E-state index in [1.807, 2.05) is 38.1 Å². The average molecular weight is 412 g/mol. The molecule has 0 aliphatic carbocycles. The Morgan fingerprint density at radius 2 is 1.83 bits per heavy atom. The SMILES string of the molecule is CCN1C(=O)N(CC)C2Nn3c(s/c(=C4\C(=O)N(C)c5ccccc54)c3=O)=NC21. The van der Waals surface area contributed by atoms with Crippen LogP contribution in [0.5, 0.6) is 0 Å². The van der Waals surface area contributed by atoms with Crippen LogP contribution < -0.4 is 25.2 Å². The van der Waals surface area contributed by atoms with Crippen molar-refractivity contribution in [2.75, 3.05) is 30.5 Å². The van der Waals surface area contributed by atoms with Gasteiger partial charge in [0.15, 0.2) is 12.3 Å². The minimum atomic E-state index is -0.417. The molecule has 3 amide bonds. The van der Waals surface area contributed by atoms with Gasteiger partial charge in [-0.15, -0.1) is 0 Å². The second-order valence-corrected chi connectivity index (χ2v) is 8.06. The number of anilines is 1. The maximum absolute atomic E-state index is 13.2. The zero-order valence-corrected chi connectivity index (χ0v) is 17.1. The van der Waals surface area contributed by atoms with E-state index in [4.69, 9.17) is 4.99 Å². The highest BCUT2D eigenvalue weighted by atomic mass is 32.1. The normalized spacial score (nSPS) is 24.3. The predicted octanol–water partition coefficient (Wildman–Crippen LogP) is -0.308. The summed E-state index contributed by atoms with van der Waals surface area (Å²) in [5.74, 6) is -0.205. The number of carbonyl (C=O) groups is 2. The van der Waals surface area contributed by atoms with E-state index in [0.29, 0.717) is 28.0 Å². The van der Waals surface area contributed by atoms with Gasteiger partial charge in [-0.3, -0.25) is 24.8 Å². The van der Waals surface area contributed by atoms with Gasteiger partial charge in [-0.1, -0.05) is 29.5 Å². The average Bonchev–Trinajstić information content (AvgIpc) is 3.28. The fourth-order valence-corrected chi connectivity index (χ4v) is 5.27. The summed E-state index contributed by atoms with van der Waals surface area (Å²) >= 11 is 1.18. The number of urea groups is 1. The van der Waals surface area contributed by atoms with Crippen LogP contribution in [0.3, 0.4) is 0 Å². The number of aromatic nitrogens is 1. The predicted molar refractivity (Wildman–Crippen MR) is 109 cm³/mol. The first-order valence-electron chi connectivity index (χ1n) is 9.53. The lowest BCUT2D eigenvalue weighted by atomic mass is 10.1. The molecule has 9 nitrogen and oxygen atoms in total. The van der Waals surface area contributed by atoms with E-state index in [2.05, 4.69) is 5.43 Å². The van der Waals surface area contributed by atoms with E-state index in [1.165, 1.54) is 16.0 Å². The van der Waals surface area contributed by atoms with Crippen LogP contribution in [0.1, 0.15) is 19.4 Å². The molecule has 1 aromatic heterocycles. The number of hydrogen-bond acceptors (Lipinski definition) is 6. The van der Waals surface area contributed by atoms with Gasteiger partial charge in [-0.25, -0.2) is 9.79 Å². The number of nitrogens with zero attached hydrogens (tertiary/aromatic N) is 5. The van der Waals surface area contributed by atoms with Gasteiger partial charge in [0, 0.05) is 25.7 Å². The monoisotopic (exact) mass is 412 g/mol. The molecule has 4 heterocycles. The van der Waals surface area contributed by atoms with Crippen LogP contribution in [0.2, 0.25) is 0 Å². The van der Waals surface area contributed by atoms with Crippen molar-refractivity contribution in [3.8, 4) is 0 Å². The molecule has 10 heteroatoms. The van der Waals surface area contributed by atoms with Crippen LogP contribution in [0.25, 0.3) is 5.57 Å². The molecule has 3 aliphatic heterocycles. The van der Waals surface area contributed by atoms with Crippen molar-refractivity contribution >= 4 is 34.5 Å².